The van der Waals surface area contributed by atoms with Gasteiger partial charge in [0.1, 0.15) is 41.0 Å². The fraction of sp³-hybridized carbons (Fsp3) is 0.519. The number of rotatable bonds is 6. The van der Waals surface area contributed by atoms with Gasteiger partial charge in [-0.05, 0) is 70.4 Å². The van der Waals surface area contributed by atoms with Gasteiger partial charge < -0.3 is 33.9 Å². The summed E-state index contributed by atoms with van der Waals surface area (Å²) in [5.74, 6) is -0.907. The highest BCUT2D eigenvalue weighted by atomic mass is 35.5. The van der Waals surface area contributed by atoms with E-state index < -0.39 is 48.1 Å². The molecule has 0 bridgehead atoms. The maximum atomic E-state index is 13.1. The third kappa shape index (κ3) is 5.73. The van der Waals surface area contributed by atoms with Crippen molar-refractivity contribution in [3.63, 3.8) is 0 Å². The molecule has 2 aliphatic rings. The summed E-state index contributed by atoms with van der Waals surface area (Å²) in [5.41, 5.74) is 1.35. The Morgan fingerprint density at radius 3 is 2.67 bits per heavy atom. The predicted molar refractivity (Wildman–Crippen MR) is 145 cm³/mol. The third-order valence-corrected chi connectivity index (χ3v) is 7.16. The van der Waals surface area contributed by atoms with Crippen LogP contribution >= 0.6 is 23.2 Å². The summed E-state index contributed by atoms with van der Waals surface area (Å²) in [7, 11) is 0. The Morgan fingerprint density at radius 1 is 1.21 bits per heavy atom. The second-order valence-corrected chi connectivity index (χ2v) is 11.9. The molecular weight excluding hydrogens is 547 g/mol. The van der Waals surface area contributed by atoms with Crippen molar-refractivity contribution in [2.75, 3.05) is 6.61 Å². The Bertz CT molecular complexity index is 1370. The van der Waals surface area contributed by atoms with Gasteiger partial charge in [-0.1, -0.05) is 29.3 Å². The molecule has 39 heavy (non-hydrogen) atoms. The smallest absolute Gasteiger partial charge is 0.408 e. The van der Waals surface area contributed by atoms with Crippen LogP contribution in [0, 0.1) is 0 Å². The number of alkyl carbamates (subject to hydrolysis) is 1. The fourth-order valence-corrected chi connectivity index (χ4v) is 5.62. The molecule has 2 saturated heterocycles. The first kappa shape index (κ1) is 28.1. The number of carbonyl (C=O) groups is 1. The minimum Gasteiger partial charge on any atom is -0.444 e. The van der Waals surface area contributed by atoms with Crippen molar-refractivity contribution >= 4 is 40.3 Å². The van der Waals surface area contributed by atoms with E-state index >= 15 is 0 Å². The standard InChI is InChI=1S/C27H32Cl2N4O6/c1-26(2,3)39-25(35)32-18(16-7-6-15(28)12-14(16)9-11-34)19-20-21(38-27(4,5)37-20)24(36-19)33-10-8-17-22(29)30-13-31-23(17)33/h6-8,10,12-13,18-21,24,34H,9,11H2,1-5H3,(H,32,35)/t18-,19-,20-,21-,24-/m1/s1. The topological polar surface area (TPSA) is 117 Å². The van der Waals surface area contributed by atoms with Crippen LogP contribution in [0.3, 0.4) is 0 Å². The molecule has 10 nitrogen and oxygen atoms in total. The zero-order chi connectivity index (χ0) is 28.1. The zero-order valence-electron chi connectivity index (χ0n) is 22.4. The molecule has 1 amide bonds. The third-order valence-electron chi connectivity index (χ3n) is 6.62. The first-order valence-electron chi connectivity index (χ1n) is 12.7. The second-order valence-electron chi connectivity index (χ2n) is 11.1. The van der Waals surface area contributed by atoms with Crippen LogP contribution < -0.4 is 5.32 Å². The lowest BCUT2D eigenvalue weighted by atomic mass is 9.91. The molecule has 2 aliphatic heterocycles. The number of fused-ring (bicyclic) bond motifs is 2. The molecule has 1 aromatic carbocycles. The number of ether oxygens (including phenoxy) is 4. The predicted octanol–water partition coefficient (Wildman–Crippen LogP) is 4.96. The number of nitrogens with zero attached hydrogens (tertiary/aromatic N) is 3. The molecule has 0 saturated carbocycles. The van der Waals surface area contributed by atoms with Gasteiger partial charge in [0.15, 0.2) is 12.0 Å². The Morgan fingerprint density at radius 2 is 1.95 bits per heavy atom. The minimum absolute atomic E-state index is 0.102. The largest absolute Gasteiger partial charge is 0.444 e. The molecule has 3 aromatic rings. The molecule has 0 unspecified atom stereocenters. The van der Waals surface area contributed by atoms with E-state index in [1.54, 1.807) is 32.9 Å². The number of aliphatic hydroxyl groups excluding tert-OH is 1. The van der Waals surface area contributed by atoms with Gasteiger partial charge >= 0.3 is 6.09 Å². The quantitative estimate of drug-likeness (QED) is 0.394. The number of amides is 1. The van der Waals surface area contributed by atoms with Gasteiger partial charge in [-0.2, -0.15) is 0 Å². The summed E-state index contributed by atoms with van der Waals surface area (Å²) >= 11 is 12.6. The van der Waals surface area contributed by atoms with Crippen molar-refractivity contribution in [2.45, 2.75) is 83.0 Å². The first-order chi connectivity index (χ1) is 18.4. The number of aromatic nitrogens is 3. The number of hydrogen-bond donors (Lipinski definition) is 2. The van der Waals surface area contributed by atoms with Crippen molar-refractivity contribution in [1.29, 1.82) is 0 Å². The highest BCUT2D eigenvalue weighted by Crippen LogP contribution is 2.47. The molecule has 0 aliphatic carbocycles. The zero-order valence-corrected chi connectivity index (χ0v) is 23.9. The summed E-state index contributed by atoms with van der Waals surface area (Å²) in [6.45, 7) is 8.94. The van der Waals surface area contributed by atoms with Gasteiger partial charge in [0, 0.05) is 17.8 Å². The molecule has 0 radical (unpaired) electrons. The summed E-state index contributed by atoms with van der Waals surface area (Å²) < 4.78 is 26.8. The summed E-state index contributed by atoms with van der Waals surface area (Å²) in [5, 5.41) is 14.3. The van der Waals surface area contributed by atoms with Crippen LogP contribution in [0.4, 0.5) is 4.79 Å². The van der Waals surface area contributed by atoms with Gasteiger partial charge in [-0.25, -0.2) is 14.8 Å². The van der Waals surface area contributed by atoms with Crippen LogP contribution in [0.15, 0.2) is 36.8 Å². The SMILES string of the molecule is CC(C)(C)OC(=O)N[C@H](c1ccc(Cl)cc1CCO)[C@H]1O[C@@H](n2ccc3c(Cl)ncnc32)[C@@H]2OC(C)(C)O[C@@H]21. The average Bonchev–Trinajstić information content (AvgIpc) is 3.48. The van der Waals surface area contributed by atoms with E-state index in [1.807, 2.05) is 36.7 Å². The fourth-order valence-electron chi connectivity index (χ4n) is 5.23. The number of halogens is 2. The Kier molecular flexibility index (Phi) is 7.56. The van der Waals surface area contributed by atoms with Crippen LogP contribution in [-0.2, 0) is 25.4 Å². The second kappa shape index (κ2) is 10.5. The van der Waals surface area contributed by atoms with Crippen LogP contribution in [0.25, 0.3) is 11.0 Å². The van der Waals surface area contributed by atoms with Crippen LogP contribution in [0.2, 0.25) is 10.2 Å². The molecule has 2 aromatic heterocycles. The lowest BCUT2D eigenvalue weighted by Crippen LogP contribution is -2.44. The number of nitrogens with one attached hydrogen (secondary N) is 1. The van der Waals surface area contributed by atoms with Crippen LogP contribution in [0.5, 0.6) is 0 Å². The van der Waals surface area contributed by atoms with E-state index in [1.165, 1.54) is 6.33 Å². The van der Waals surface area contributed by atoms with Gasteiger partial charge in [0.25, 0.3) is 0 Å². The highest BCUT2D eigenvalue weighted by Gasteiger charge is 2.58. The average molecular weight is 579 g/mol. The first-order valence-corrected chi connectivity index (χ1v) is 13.5. The number of benzene rings is 1. The van der Waals surface area contributed by atoms with Gasteiger partial charge in [-0.15, -0.1) is 0 Å². The Labute approximate surface area is 236 Å². The minimum atomic E-state index is -0.907. The van der Waals surface area contributed by atoms with Crippen LogP contribution in [0.1, 0.15) is 58.0 Å². The Hall–Kier alpha value is -2.47. The molecule has 5 atom stereocenters. The van der Waals surface area contributed by atoms with E-state index in [2.05, 4.69) is 15.3 Å². The summed E-state index contributed by atoms with van der Waals surface area (Å²) in [6.07, 6.45) is 0.452. The summed E-state index contributed by atoms with van der Waals surface area (Å²) in [6, 6.07) is 6.42. The monoisotopic (exact) mass is 578 g/mol. The highest BCUT2D eigenvalue weighted by molar-refractivity contribution is 6.33. The molecule has 210 valence electrons. The van der Waals surface area contributed by atoms with Crippen molar-refractivity contribution in [3.8, 4) is 0 Å². The van der Waals surface area contributed by atoms with Gasteiger partial charge in [0.2, 0.25) is 0 Å². The number of carbonyl (C=O) groups excluding carboxylic acids is 1. The van der Waals surface area contributed by atoms with E-state index in [0.717, 1.165) is 11.1 Å². The molecule has 12 heteroatoms. The molecule has 5 rings (SSSR count). The molecule has 2 fully saturated rings. The normalized spacial score (nSPS) is 25.0. The van der Waals surface area contributed by atoms with E-state index in [-0.39, 0.29) is 6.61 Å². The van der Waals surface area contributed by atoms with Gasteiger partial charge in [-0.3, -0.25) is 0 Å². The molecule has 0 spiro atoms. The van der Waals surface area contributed by atoms with E-state index in [9.17, 15) is 9.90 Å². The van der Waals surface area contributed by atoms with Crippen molar-refractivity contribution < 1.29 is 28.8 Å². The summed E-state index contributed by atoms with van der Waals surface area (Å²) in [4.78, 5) is 21.6. The Balaban J connectivity index is 1.59. The van der Waals surface area contributed by atoms with Crippen LogP contribution in [-0.4, -0.2) is 62.0 Å². The molecule has 4 heterocycles. The lowest BCUT2D eigenvalue weighted by molar-refractivity contribution is -0.199. The van der Waals surface area contributed by atoms with E-state index in [0.29, 0.717) is 27.6 Å². The molecule has 2 N–H and O–H groups in total. The van der Waals surface area contributed by atoms with Crippen molar-refractivity contribution in [2.24, 2.45) is 0 Å². The van der Waals surface area contributed by atoms with Crippen molar-refractivity contribution in [1.82, 2.24) is 19.9 Å². The maximum Gasteiger partial charge on any atom is 0.408 e. The van der Waals surface area contributed by atoms with Gasteiger partial charge in [0.05, 0.1) is 11.4 Å². The number of aliphatic hydroxyl groups is 1. The molecular formula is C27H32Cl2N4O6. The number of hydrogen-bond acceptors (Lipinski definition) is 8. The maximum absolute atomic E-state index is 13.1. The van der Waals surface area contributed by atoms with Crippen molar-refractivity contribution in [3.05, 3.63) is 58.1 Å². The van der Waals surface area contributed by atoms with E-state index in [4.69, 9.17) is 42.1 Å². The lowest BCUT2D eigenvalue weighted by Gasteiger charge is -2.32.